The van der Waals surface area contributed by atoms with Crippen LogP contribution in [0, 0.1) is 139 Å². The Bertz CT molecular complexity index is 4230. The maximum absolute atomic E-state index is 13.8. The van der Waals surface area contributed by atoms with Crippen LogP contribution in [-0.4, -0.2) is 101 Å². The second-order valence-corrected chi connectivity index (χ2v) is 33.5. The fourth-order valence-electron chi connectivity index (χ4n) is 20.5. The average Bonchev–Trinajstić information content (AvgIpc) is 1.64. The zero-order valence-corrected chi connectivity index (χ0v) is 62.4. The number of ether oxygens (including phenoxy) is 4. The van der Waals surface area contributed by atoms with E-state index in [2.05, 4.69) is 44.8 Å². The van der Waals surface area contributed by atoms with E-state index in [0.717, 1.165) is 80.0 Å². The van der Waals surface area contributed by atoms with Crippen LogP contribution in [0.15, 0.2) is 115 Å². The van der Waals surface area contributed by atoms with Crippen molar-refractivity contribution in [1.82, 2.24) is 31.5 Å². The van der Waals surface area contributed by atoms with E-state index in [0.29, 0.717) is 81.3 Å². The summed E-state index contributed by atoms with van der Waals surface area (Å²) in [6.07, 6.45) is 11.2. The van der Waals surface area contributed by atoms with E-state index in [4.69, 9.17) is 18.9 Å². The summed E-state index contributed by atoms with van der Waals surface area (Å²) in [4.78, 5) is 157. The molecule has 25 heteroatoms. The van der Waals surface area contributed by atoms with Crippen molar-refractivity contribution in [3.63, 3.8) is 0 Å². The van der Waals surface area contributed by atoms with Gasteiger partial charge in [0.1, 0.15) is 25.6 Å². The van der Waals surface area contributed by atoms with Gasteiger partial charge in [0.25, 0.3) is 0 Å². The number of likely N-dealkylation sites (tertiary alicyclic amines) is 1. The molecule has 12 aliphatic carbocycles. The molecule has 9 amide bonds. The maximum Gasteiger partial charge on any atom is 0.408 e. The molecule has 0 spiro atoms. The first kappa shape index (κ1) is 77.1. The average molecular weight is 1510 g/mol. The largest absolute Gasteiger partial charge is 0.497 e. The van der Waals surface area contributed by atoms with Crippen LogP contribution in [0.2, 0.25) is 0 Å². The highest BCUT2D eigenvalue weighted by molar-refractivity contribution is 6.07. The van der Waals surface area contributed by atoms with Crippen molar-refractivity contribution in [2.24, 2.45) is 105 Å². The van der Waals surface area contributed by atoms with Crippen LogP contribution in [0.25, 0.3) is 0 Å². The third-order valence-electron chi connectivity index (χ3n) is 26.5. The number of hydrogen-bond donors (Lipinski definition) is 5. The molecule has 5 N–H and O–H groups in total. The lowest BCUT2D eigenvalue weighted by Gasteiger charge is -2.52. The summed E-state index contributed by atoms with van der Waals surface area (Å²) in [5, 5.41) is 44.2. The SMILES string of the molecule is COc1ccc(CN2C(=O)[C@H]3[C@@H]4CC[C@H]([C@H]3C2=O)C(C#N)(CC(=O)[C@H](CC2CC2)NC(=O)OCc2ccccc2)C4)cc1.N#C[C@@]1(CC(=O)[C@H](CC2CC2)NC(=O)OCc2ccccc2)C[C@@H]2CC[C@H]1[C@@H]1C(=O)NC(=O)[C@H]21.N#C[C@]1(CC(=O)[C@H](CC2CC2)NC(=O)OCc2ccccc2)C[C@H]2CC[C@@H]1[C@H]1C(=O)NC(=O)[C@@H]21. The van der Waals surface area contributed by atoms with E-state index >= 15 is 0 Å². The number of alkyl carbamates (subject to hydrolysis) is 3. The van der Waals surface area contributed by atoms with Crippen molar-refractivity contribution in [1.29, 1.82) is 15.8 Å². The molecule has 6 bridgehead atoms. The number of amides is 9. The van der Waals surface area contributed by atoms with E-state index in [9.17, 15) is 73.3 Å². The van der Waals surface area contributed by atoms with Gasteiger partial charge in [-0.25, -0.2) is 14.4 Å². The Morgan fingerprint density at radius 3 is 1.05 bits per heavy atom. The van der Waals surface area contributed by atoms with Crippen molar-refractivity contribution in [2.45, 2.75) is 179 Å². The van der Waals surface area contributed by atoms with Gasteiger partial charge in [-0.1, -0.05) is 142 Å². The number of methoxy groups -OCH3 is 1. The van der Waals surface area contributed by atoms with E-state index in [1.54, 1.807) is 19.2 Å². The standard InChI is InChI=1S/C34H37N3O6.2C26H29N3O5/c1-42-25-12-9-22(10-13-25)18-37-31(39)29-24-11-14-26(30(29)32(37)40)34(16-24,20-35)17-28(38)27(15-21-7-8-21)36-33(41)43-19-23-5-3-2-4-6-23;2*27-14-26(11-17-8-9-18(26)22-21(17)23(31)29-24(22)32)12-20(30)19(10-15-6-7-15)28-25(33)34-13-16-4-2-1-3-5-16/h2-6,9-10,12-13,21,24,26-27,29-30H,7-8,11,14-19H2,1H3,(H,36,41);2*1-5,15,17-19,21-22H,6-13H2,(H,28,33)(H,29,31,32)/t24-,26-,27+,29+,30-,34?;17-,18-,19+,21+,22-,26-;17-,18-,19-,21+,22-,26-/m110/s1. The fraction of sp³-hybridized carbons (Fsp3) is 0.547. The molecule has 19 rings (SSSR count). The van der Waals surface area contributed by atoms with Gasteiger partial charge in [0.2, 0.25) is 35.4 Å². The number of hydrogen-bond acceptors (Lipinski definition) is 19. The zero-order valence-electron chi connectivity index (χ0n) is 62.4. The van der Waals surface area contributed by atoms with Gasteiger partial charge < -0.3 is 34.9 Å². The highest BCUT2D eigenvalue weighted by Crippen LogP contribution is 2.64. The molecule has 3 saturated heterocycles. The lowest BCUT2D eigenvalue weighted by Crippen LogP contribution is -2.54. The molecular weight excluding hydrogens is 1410 g/mol. The summed E-state index contributed by atoms with van der Waals surface area (Å²) >= 11 is 0. The Morgan fingerprint density at radius 2 is 0.730 bits per heavy atom. The van der Waals surface area contributed by atoms with Crippen molar-refractivity contribution < 1.29 is 76.5 Å². The fourth-order valence-corrected chi connectivity index (χ4v) is 20.5. The minimum atomic E-state index is -1.05. The summed E-state index contributed by atoms with van der Waals surface area (Å²) < 4.78 is 21.3. The third-order valence-corrected chi connectivity index (χ3v) is 26.5. The van der Waals surface area contributed by atoms with E-state index in [1.165, 1.54) is 4.90 Å². The normalized spacial score (nSPS) is 30.7. The number of carbonyl (C=O) groups excluding carboxylic acids is 12. The predicted octanol–water partition coefficient (Wildman–Crippen LogP) is 10.5. The Balaban J connectivity index is 0.000000140. The number of benzene rings is 4. The third kappa shape index (κ3) is 16.7. The summed E-state index contributed by atoms with van der Waals surface area (Å²) in [5.41, 5.74) is 0.344. The van der Waals surface area contributed by atoms with Crippen molar-refractivity contribution >= 4 is 71.1 Å². The first-order valence-electron chi connectivity index (χ1n) is 39.5. The molecule has 0 aromatic heterocycles. The summed E-state index contributed by atoms with van der Waals surface area (Å²) in [6, 6.07) is 40.3. The van der Waals surface area contributed by atoms with Crippen molar-refractivity contribution in [3.05, 3.63) is 138 Å². The van der Waals surface area contributed by atoms with Crippen LogP contribution in [0.1, 0.15) is 157 Å². The van der Waals surface area contributed by atoms with Crippen molar-refractivity contribution in [3.8, 4) is 24.0 Å². The number of imide groups is 3. The molecule has 0 radical (unpaired) electrons. The van der Waals surface area contributed by atoms with Gasteiger partial charge in [0.15, 0.2) is 17.3 Å². The quantitative estimate of drug-likeness (QED) is 0.0273. The summed E-state index contributed by atoms with van der Waals surface area (Å²) in [6.45, 7) is 0.477. The summed E-state index contributed by atoms with van der Waals surface area (Å²) in [5.74, 6) is -4.49. The molecule has 15 fully saturated rings. The number of nitrogens with zero attached hydrogens (tertiary/aromatic N) is 4. The van der Waals surface area contributed by atoms with Gasteiger partial charge in [-0.3, -0.25) is 58.7 Å². The first-order chi connectivity index (χ1) is 53.6. The Hall–Kier alpha value is -10.6. The van der Waals surface area contributed by atoms with Crippen molar-refractivity contribution in [2.75, 3.05) is 7.11 Å². The van der Waals surface area contributed by atoms with E-state index in [1.807, 2.05) is 103 Å². The van der Waals surface area contributed by atoms with Crippen LogP contribution >= 0.6 is 0 Å². The monoisotopic (exact) mass is 1510 g/mol. The van der Waals surface area contributed by atoms with Crippen LogP contribution < -0.4 is 31.3 Å². The number of nitriles is 3. The lowest BCUT2D eigenvalue weighted by molar-refractivity contribution is -0.142. The first-order valence-corrected chi connectivity index (χ1v) is 39.5. The van der Waals surface area contributed by atoms with Gasteiger partial charge in [0.05, 0.1) is 102 Å². The molecule has 25 nitrogen and oxygen atoms in total. The summed E-state index contributed by atoms with van der Waals surface area (Å²) in [7, 11) is 1.58. The second kappa shape index (κ2) is 32.8. The zero-order chi connectivity index (χ0) is 77.9. The Morgan fingerprint density at radius 1 is 0.414 bits per heavy atom. The highest BCUT2D eigenvalue weighted by atomic mass is 16.6. The van der Waals surface area contributed by atoms with Gasteiger partial charge in [0, 0.05) is 19.3 Å². The van der Waals surface area contributed by atoms with E-state index < -0.39 is 76.3 Å². The Labute approximate surface area is 644 Å². The molecule has 18 atom stereocenters. The lowest BCUT2D eigenvalue weighted by atomic mass is 9.48. The molecule has 4 aromatic rings. The molecule has 580 valence electrons. The van der Waals surface area contributed by atoms with E-state index in [-0.39, 0.29) is 146 Å². The van der Waals surface area contributed by atoms with Gasteiger partial charge in [-0.05, 0) is 165 Å². The smallest absolute Gasteiger partial charge is 0.408 e. The Kier molecular flexibility index (Phi) is 22.8. The minimum Gasteiger partial charge on any atom is -0.497 e. The molecule has 3 aliphatic heterocycles. The number of ketones is 3. The van der Waals surface area contributed by atoms with Gasteiger partial charge in [-0.15, -0.1) is 0 Å². The number of nitrogens with one attached hydrogen (secondary N) is 5. The van der Waals surface area contributed by atoms with Gasteiger partial charge >= 0.3 is 18.3 Å². The molecule has 3 heterocycles. The molecule has 12 saturated carbocycles. The topological polar surface area (TPSA) is 377 Å². The maximum atomic E-state index is 13.8. The highest BCUT2D eigenvalue weighted by Gasteiger charge is 2.68. The number of carbonyl (C=O) groups is 12. The van der Waals surface area contributed by atoms with Crippen LogP contribution in [0.5, 0.6) is 5.75 Å². The number of rotatable bonds is 27. The van der Waals surface area contributed by atoms with Crippen LogP contribution in [0.4, 0.5) is 14.4 Å². The molecule has 15 aliphatic rings. The van der Waals surface area contributed by atoms with Crippen LogP contribution in [-0.2, 0) is 83.7 Å². The van der Waals surface area contributed by atoms with Gasteiger partial charge in [-0.2, -0.15) is 15.8 Å². The number of Topliss-reactive ketones (excluding diaryl/α,β-unsaturated/α-hetero) is 3. The minimum absolute atomic E-state index is 0.0221. The molecular formula is C86H95N9O16. The molecule has 1 unspecified atom stereocenters. The van der Waals surface area contributed by atoms with Crippen LogP contribution in [0.3, 0.4) is 0 Å². The molecule has 111 heavy (non-hydrogen) atoms. The number of fused-ring (bicyclic) bond motifs is 6. The second-order valence-electron chi connectivity index (χ2n) is 33.5. The molecule has 4 aromatic carbocycles. The predicted molar refractivity (Wildman–Crippen MR) is 394 cm³/mol.